The van der Waals surface area contributed by atoms with E-state index in [1.165, 1.54) is 4.31 Å². The summed E-state index contributed by atoms with van der Waals surface area (Å²) in [5, 5.41) is 3.82. The van der Waals surface area contributed by atoms with Crippen LogP contribution in [0, 0.1) is 6.92 Å². The van der Waals surface area contributed by atoms with Crippen molar-refractivity contribution in [2.45, 2.75) is 31.7 Å². The van der Waals surface area contributed by atoms with Crippen LogP contribution in [0.5, 0.6) is 0 Å². The van der Waals surface area contributed by atoms with Gasteiger partial charge in [0.1, 0.15) is 0 Å². The number of amides is 2. The third-order valence-corrected chi connectivity index (χ3v) is 7.63. The number of aromatic nitrogens is 1. The average molecular weight is 441 g/mol. The number of urea groups is 1. The zero-order chi connectivity index (χ0) is 22.0. The Morgan fingerprint density at radius 1 is 1.03 bits per heavy atom. The van der Waals surface area contributed by atoms with Crippen molar-refractivity contribution in [3.05, 3.63) is 60.3 Å². The zero-order valence-electron chi connectivity index (χ0n) is 17.9. The van der Waals surface area contributed by atoms with Crippen LogP contribution < -0.4 is 5.32 Å². The predicted molar refractivity (Wildman–Crippen MR) is 123 cm³/mol. The van der Waals surface area contributed by atoms with E-state index >= 15 is 0 Å². The molecule has 1 fully saturated rings. The molecule has 31 heavy (non-hydrogen) atoms. The molecule has 0 bridgehead atoms. The lowest BCUT2D eigenvalue weighted by Crippen LogP contribution is -2.39. The van der Waals surface area contributed by atoms with Crippen LogP contribution in [0.4, 0.5) is 10.5 Å². The van der Waals surface area contributed by atoms with E-state index < -0.39 is 10.0 Å². The van der Waals surface area contributed by atoms with Gasteiger partial charge in [-0.2, -0.15) is 4.31 Å². The van der Waals surface area contributed by atoms with Gasteiger partial charge in [0, 0.05) is 55.5 Å². The number of carbonyl (C=O) groups is 1. The van der Waals surface area contributed by atoms with E-state index in [2.05, 4.69) is 16.8 Å². The maximum atomic E-state index is 13.3. The van der Waals surface area contributed by atoms with Crippen molar-refractivity contribution < 1.29 is 13.2 Å². The van der Waals surface area contributed by atoms with Crippen LogP contribution in [0.2, 0.25) is 0 Å². The highest BCUT2D eigenvalue weighted by Gasteiger charge is 2.28. The average Bonchev–Trinajstić information content (AvgIpc) is 2.98. The van der Waals surface area contributed by atoms with Crippen LogP contribution in [-0.4, -0.2) is 54.4 Å². The molecule has 2 heterocycles. The number of aryl methyl sites for hydroxylation is 2. The number of sulfonamides is 1. The molecule has 0 saturated carbocycles. The predicted octanol–water partition coefficient (Wildman–Crippen LogP) is 3.90. The molecule has 2 aromatic carbocycles. The molecule has 1 aliphatic heterocycles. The third kappa shape index (κ3) is 4.45. The Balaban J connectivity index is 1.46. The van der Waals surface area contributed by atoms with Gasteiger partial charge in [-0.3, -0.25) is 0 Å². The highest BCUT2D eigenvalue weighted by atomic mass is 32.2. The molecule has 164 valence electrons. The Kier molecular flexibility index (Phi) is 6.02. The Morgan fingerprint density at radius 3 is 2.65 bits per heavy atom. The van der Waals surface area contributed by atoms with Gasteiger partial charge in [0.2, 0.25) is 10.0 Å². The summed E-state index contributed by atoms with van der Waals surface area (Å²) in [6, 6.07) is 14.7. The van der Waals surface area contributed by atoms with Crippen LogP contribution in [-0.2, 0) is 16.6 Å². The minimum Gasteiger partial charge on any atom is -0.348 e. The maximum Gasteiger partial charge on any atom is 0.321 e. The normalized spacial score (nSPS) is 15.7. The smallest absolute Gasteiger partial charge is 0.321 e. The minimum absolute atomic E-state index is 0.202. The first-order valence-electron chi connectivity index (χ1n) is 10.6. The number of rotatable bonds is 4. The van der Waals surface area contributed by atoms with Crippen molar-refractivity contribution >= 4 is 32.6 Å². The maximum absolute atomic E-state index is 13.3. The fraction of sp³-hybridized carbons (Fsp3) is 0.348. The summed E-state index contributed by atoms with van der Waals surface area (Å²) in [6.45, 7) is 6.40. The number of benzene rings is 2. The van der Waals surface area contributed by atoms with E-state index in [9.17, 15) is 13.2 Å². The second-order valence-electron chi connectivity index (χ2n) is 7.87. The van der Waals surface area contributed by atoms with Gasteiger partial charge >= 0.3 is 6.03 Å². The highest BCUT2D eigenvalue weighted by Crippen LogP contribution is 2.24. The van der Waals surface area contributed by atoms with Crippen molar-refractivity contribution in [1.82, 2.24) is 13.8 Å². The molecule has 8 heteroatoms. The largest absolute Gasteiger partial charge is 0.348 e. The van der Waals surface area contributed by atoms with E-state index in [0.717, 1.165) is 28.7 Å². The lowest BCUT2D eigenvalue weighted by molar-refractivity contribution is 0.214. The Morgan fingerprint density at radius 2 is 1.87 bits per heavy atom. The summed E-state index contributed by atoms with van der Waals surface area (Å²) >= 11 is 0. The molecule has 7 nitrogen and oxygen atoms in total. The van der Waals surface area contributed by atoms with Crippen LogP contribution in [0.25, 0.3) is 10.9 Å². The number of hydrogen-bond donors (Lipinski definition) is 1. The molecular weight excluding hydrogens is 412 g/mol. The zero-order valence-corrected chi connectivity index (χ0v) is 18.7. The highest BCUT2D eigenvalue weighted by molar-refractivity contribution is 7.89. The van der Waals surface area contributed by atoms with Crippen molar-refractivity contribution in [2.75, 3.05) is 31.5 Å². The van der Waals surface area contributed by atoms with Crippen LogP contribution in [0.3, 0.4) is 0 Å². The summed E-state index contributed by atoms with van der Waals surface area (Å²) < 4.78 is 30.1. The Bertz CT molecular complexity index is 1200. The molecule has 0 spiro atoms. The van der Waals surface area contributed by atoms with Crippen molar-refractivity contribution in [3.8, 4) is 0 Å². The molecule has 1 aliphatic rings. The number of anilines is 1. The number of hydrogen-bond acceptors (Lipinski definition) is 3. The number of fused-ring (bicyclic) bond motifs is 1. The molecule has 3 aromatic rings. The lowest BCUT2D eigenvalue weighted by atomic mass is 10.2. The van der Waals surface area contributed by atoms with Gasteiger partial charge in [-0.25, -0.2) is 13.2 Å². The lowest BCUT2D eigenvalue weighted by Gasteiger charge is -2.22. The molecule has 0 atom stereocenters. The summed E-state index contributed by atoms with van der Waals surface area (Å²) in [5.41, 5.74) is 2.83. The van der Waals surface area contributed by atoms with Crippen molar-refractivity contribution in [1.29, 1.82) is 0 Å². The SMILES string of the molecule is CCn1ccc2cc(S(=O)(=O)N3CCCN(C(=O)Nc4cccc(C)c4)CC3)ccc21. The first kappa shape index (κ1) is 21.4. The number of nitrogens with zero attached hydrogens (tertiary/aromatic N) is 3. The minimum atomic E-state index is -3.62. The van der Waals surface area contributed by atoms with Crippen LogP contribution in [0.15, 0.2) is 59.6 Å². The molecule has 0 unspecified atom stereocenters. The van der Waals surface area contributed by atoms with Crippen molar-refractivity contribution in [3.63, 3.8) is 0 Å². The van der Waals surface area contributed by atoms with Gasteiger partial charge in [-0.1, -0.05) is 12.1 Å². The molecule has 1 aromatic heterocycles. The van der Waals surface area contributed by atoms with Gasteiger partial charge in [0.05, 0.1) is 4.90 Å². The molecule has 1 saturated heterocycles. The third-order valence-electron chi connectivity index (χ3n) is 5.73. The molecule has 2 amide bonds. The first-order valence-corrected chi connectivity index (χ1v) is 12.0. The van der Waals surface area contributed by atoms with Gasteiger partial charge in [0.25, 0.3) is 0 Å². The van der Waals surface area contributed by atoms with Crippen molar-refractivity contribution in [2.24, 2.45) is 0 Å². The van der Waals surface area contributed by atoms with E-state index in [1.54, 1.807) is 17.0 Å². The van der Waals surface area contributed by atoms with E-state index in [0.29, 0.717) is 31.0 Å². The fourth-order valence-corrected chi connectivity index (χ4v) is 5.53. The van der Waals surface area contributed by atoms with Crippen LogP contribution >= 0.6 is 0 Å². The molecule has 4 rings (SSSR count). The summed E-state index contributed by atoms with van der Waals surface area (Å²) in [5.74, 6) is 0. The van der Waals surface area contributed by atoms with E-state index in [1.807, 2.05) is 49.5 Å². The summed E-state index contributed by atoms with van der Waals surface area (Å²) in [4.78, 5) is 14.7. The fourth-order valence-electron chi connectivity index (χ4n) is 4.03. The Hall–Kier alpha value is -2.84. The topological polar surface area (TPSA) is 74.7 Å². The first-order chi connectivity index (χ1) is 14.9. The monoisotopic (exact) mass is 440 g/mol. The van der Waals surface area contributed by atoms with Gasteiger partial charge in [0.15, 0.2) is 0 Å². The number of nitrogens with one attached hydrogen (secondary N) is 1. The summed E-state index contributed by atoms with van der Waals surface area (Å²) in [7, 11) is -3.62. The number of carbonyl (C=O) groups excluding carboxylic acids is 1. The van der Waals surface area contributed by atoms with Crippen LogP contribution in [0.1, 0.15) is 18.9 Å². The molecule has 0 radical (unpaired) electrons. The summed E-state index contributed by atoms with van der Waals surface area (Å²) in [6.07, 6.45) is 2.56. The van der Waals surface area contributed by atoms with E-state index in [-0.39, 0.29) is 12.6 Å². The standard InChI is InChI=1S/C23H28N4O3S/c1-3-25-13-10-19-17-21(8-9-22(19)25)31(29,30)27-12-5-11-26(14-15-27)23(28)24-20-7-4-6-18(2)16-20/h4,6-10,13,16-17H,3,5,11-12,14-15H2,1-2H3,(H,24,28). The molecule has 1 N–H and O–H groups in total. The second kappa shape index (κ2) is 8.72. The Labute approximate surface area is 183 Å². The quantitative estimate of drug-likeness (QED) is 0.669. The van der Waals surface area contributed by atoms with Gasteiger partial charge in [-0.15, -0.1) is 0 Å². The van der Waals surface area contributed by atoms with E-state index in [4.69, 9.17) is 0 Å². The van der Waals surface area contributed by atoms with Gasteiger partial charge in [-0.05, 0) is 62.2 Å². The molecule has 0 aliphatic carbocycles. The second-order valence-corrected chi connectivity index (χ2v) is 9.80. The molecular formula is C23H28N4O3S. The van der Waals surface area contributed by atoms with Gasteiger partial charge < -0.3 is 14.8 Å².